The van der Waals surface area contributed by atoms with Crippen LogP contribution in [0.3, 0.4) is 0 Å². The van der Waals surface area contributed by atoms with Crippen LogP contribution in [0.1, 0.15) is 6.42 Å². The summed E-state index contributed by atoms with van der Waals surface area (Å²) < 4.78 is 0. The predicted molar refractivity (Wildman–Crippen MR) is 122 cm³/mol. The lowest BCUT2D eigenvalue weighted by Crippen LogP contribution is -2.51. The molecule has 162 valence electrons. The quantitative estimate of drug-likeness (QED) is 0.590. The van der Waals surface area contributed by atoms with Gasteiger partial charge in [-0.25, -0.2) is 19.9 Å². The van der Waals surface area contributed by atoms with Crippen LogP contribution in [0.25, 0.3) is 10.2 Å². The summed E-state index contributed by atoms with van der Waals surface area (Å²) in [5, 5.41) is 3.20. The van der Waals surface area contributed by atoms with Crippen molar-refractivity contribution in [2.75, 3.05) is 68.7 Å². The minimum atomic E-state index is 0.242. The van der Waals surface area contributed by atoms with Crippen molar-refractivity contribution in [1.82, 2.24) is 29.7 Å². The molecular formula is C21H26N8OS. The lowest BCUT2D eigenvalue weighted by Gasteiger charge is -2.37. The van der Waals surface area contributed by atoms with Crippen LogP contribution in [-0.4, -0.2) is 94.5 Å². The molecule has 10 heteroatoms. The van der Waals surface area contributed by atoms with Gasteiger partial charge in [-0.15, -0.1) is 11.3 Å². The largest absolute Gasteiger partial charge is 0.353 e. The normalized spacial score (nSPS) is 18.0. The molecule has 0 unspecified atom stereocenters. The van der Waals surface area contributed by atoms with Gasteiger partial charge in [-0.05, 0) is 17.5 Å². The number of thiophene rings is 1. The highest BCUT2D eigenvalue weighted by Gasteiger charge is 2.24. The molecule has 0 radical (unpaired) electrons. The van der Waals surface area contributed by atoms with Gasteiger partial charge < -0.3 is 14.7 Å². The van der Waals surface area contributed by atoms with E-state index in [2.05, 4.69) is 46.1 Å². The lowest BCUT2D eigenvalue weighted by molar-refractivity contribution is -0.131. The van der Waals surface area contributed by atoms with Crippen LogP contribution in [0.5, 0.6) is 0 Å². The van der Waals surface area contributed by atoms with Gasteiger partial charge in [0.1, 0.15) is 17.0 Å². The maximum atomic E-state index is 12.7. The smallest absolute Gasteiger partial charge is 0.225 e. The molecule has 5 rings (SSSR count). The van der Waals surface area contributed by atoms with E-state index in [1.165, 1.54) is 0 Å². The number of carbonyl (C=O) groups excluding carboxylic acids is 1. The fourth-order valence-electron chi connectivity index (χ4n) is 4.23. The molecule has 0 spiro atoms. The van der Waals surface area contributed by atoms with E-state index in [-0.39, 0.29) is 5.91 Å². The van der Waals surface area contributed by atoms with Gasteiger partial charge in [0.25, 0.3) is 0 Å². The van der Waals surface area contributed by atoms with E-state index in [9.17, 15) is 4.79 Å². The van der Waals surface area contributed by atoms with Crippen LogP contribution in [0.15, 0.2) is 36.2 Å². The Balaban J connectivity index is 1.07. The molecule has 3 aromatic heterocycles. The third kappa shape index (κ3) is 4.45. The zero-order valence-corrected chi connectivity index (χ0v) is 18.2. The summed E-state index contributed by atoms with van der Waals surface area (Å²) in [6.45, 7) is 7.58. The molecule has 2 aliphatic rings. The monoisotopic (exact) mass is 438 g/mol. The van der Waals surface area contributed by atoms with Crippen LogP contribution < -0.4 is 9.80 Å². The number of nitrogens with zero attached hydrogens (tertiary/aromatic N) is 8. The van der Waals surface area contributed by atoms with Crippen molar-refractivity contribution < 1.29 is 4.79 Å². The van der Waals surface area contributed by atoms with Crippen molar-refractivity contribution in [2.45, 2.75) is 6.42 Å². The van der Waals surface area contributed by atoms with E-state index >= 15 is 0 Å². The summed E-state index contributed by atoms with van der Waals surface area (Å²) in [4.78, 5) is 40.1. The van der Waals surface area contributed by atoms with Gasteiger partial charge in [-0.1, -0.05) is 0 Å². The van der Waals surface area contributed by atoms with Gasteiger partial charge in [0.2, 0.25) is 11.9 Å². The second-order valence-corrected chi connectivity index (χ2v) is 8.73. The molecule has 3 aromatic rings. The Morgan fingerprint density at radius 3 is 2.42 bits per heavy atom. The van der Waals surface area contributed by atoms with E-state index in [0.29, 0.717) is 6.42 Å². The molecule has 0 N–H and O–H groups in total. The lowest BCUT2D eigenvalue weighted by atomic mass is 10.2. The van der Waals surface area contributed by atoms with Crippen molar-refractivity contribution in [1.29, 1.82) is 0 Å². The minimum absolute atomic E-state index is 0.242. The Morgan fingerprint density at radius 1 is 0.903 bits per heavy atom. The molecular weight excluding hydrogens is 412 g/mol. The van der Waals surface area contributed by atoms with Crippen molar-refractivity contribution in [3.05, 3.63) is 36.2 Å². The van der Waals surface area contributed by atoms with E-state index < -0.39 is 0 Å². The Hall–Kier alpha value is -2.85. The summed E-state index contributed by atoms with van der Waals surface area (Å²) in [7, 11) is 0. The van der Waals surface area contributed by atoms with Crippen molar-refractivity contribution >= 4 is 39.2 Å². The van der Waals surface area contributed by atoms with Gasteiger partial charge in [0, 0.05) is 77.7 Å². The molecule has 2 aliphatic heterocycles. The van der Waals surface area contributed by atoms with E-state index in [1.54, 1.807) is 30.1 Å². The first-order valence-corrected chi connectivity index (χ1v) is 11.6. The Bertz CT molecular complexity index is 1010. The molecule has 31 heavy (non-hydrogen) atoms. The summed E-state index contributed by atoms with van der Waals surface area (Å²) in [5.74, 6) is 2.02. The van der Waals surface area contributed by atoms with Gasteiger partial charge in [0.05, 0.1) is 5.39 Å². The highest BCUT2D eigenvalue weighted by atomic mass is 32.1. The molecule has 0 aromatic carbocycles. The van der Waals surface area contributed by atoms with Crippen molar-refractivity contribution in [3.63, 3.8) is 0 Å². The average molecular weight is 439 g/mol. The zero-order valence-electron chi connectivity index (χ0n) is 17.4. The van der Waals surface area contributed by atoms with E-state index in [4.69, 9.17) is 0 Å². The second kappa shape index (κ2) is 9.11. The number of fused-ring (bicyclic) bond motifs is 1. The highest BCUT2D eigenvalue weighted by Crippen LogP contribution is 2.27. The number of rotatable bonds is 5. The fourth-order valence-corrected chi connectivity index (χ4v) is 4.96. The van der Waals surface area contributed by atoms with Crippen LogP contribution in [0.4, 0.5) is 11.8 Å². The highest BCUT2D eigenvalue weighted by molar-refractivity contribution is 7.16. The first-order valence-electron chi connectivity index (χ1n) is 10.7. The maximum absolute atomic E-state index is 12.7. The number of hydrogen-bond donors (Lipinski definition) is 0. The van der Waals surface area contributed by atoms with Crippen LogP contribution in [0, 0.1) is 0 Å². The minimum Gasteiger partial charge on any atom is -0.353 e. The third-order valence-electron chi connectivity index (χ3n) is 6.02. The number of anilines is 2. The van der Waals surface area contributed by atoms with E-state index in [0.717, 1.165) is 80.9 Å². The van der Waals surface area contributed by atoms with Crippen LogP contribution >= 0.6 is 11.3 Å². The first-order chi connectivity index (χ1) is 15.3. The molecule has 0 atom stereocenters. The zero-order chi connectivity index (χ0) is 21.0. The molecule has 0 aliphatic carbocycles. The number of amides is 1. The van der Waals surface area contributed by atoms with Crippen LogP contribution in [-0.2, 0) is 4.79 Å². The van der Waals surface area contributed by atoms with Gasteiger partial charge in [-0.3, -0.25) is 9.69 Å². The molecule has 2 fully saturated rings. The van der Waals surface area contributed by atoms with Crippen molar-refractivity contribution in [3.8, 4) is 0 Å². The van der Waals surface area contributed by atoms with Crippen LogP contribution in [0.2, 0.25) is 0 Å². The number of aromatic nitrogens is 4. The number of carbonyl (C=O) groups is 1. The standard InChI is InChI=1S/C21H26N8OS/c30-18(27-11-13-29(14-12-27)21-22-4-1-5-23-21)2-6-26-7-9-28(10-8-26)19-17-3-15-31-20(17)25-16-24-19/h1,3-5,15-16H,2,6-14H2. The van der Waals surface area contributed by atoms with Gasteiger partial charge in [-0.2, -0.15) is 0 Å². The molecule has 0 bridgehead atoms. The second-order valence-electron chi connectivity index (χ2n) is 7.83. The summed E-state index contributed by atoms with van der Waals surface area (Å²) >= 11 is 1.65. The number of piperazine rings is 2. The topological polar surface area (TPSA) is 81.6 Å². The Labute approximate surface area is 185 Å². The number of hydrogen-bond acceptors (Lipinski definition) is 9. The first kappa shape index (κ1) is 20.1. The summed E-state index contributed by atoms with van der Waals surface area (Å²) in [6.07, 6.45) is 5.74. The predicted octanol–water partition coefficient (Wildman–Crippen LogP) is 1.34. The van der Waals surface area contributed by atoms with Gasteiger partial charge in [0.15, 0.2) is 0 Å². The molecule has 1 amide bonds. The van der Waals surface area contributed by atoms with E-state index in [1.807, 2.05) is 11.0 Å². The summed E-state index contributed by atoms with van der Waals surface area (Å²) in [6, 6.07) is 3.92. The Morgan fingerprint density at radius 2 is 1.65 bits per heavy atom. The SMILES string of the molecule is O=C(CCN1CCN(c2ncnc3sccc23)CC1)N1CCN(c2ncccn2)CC1. The fraction of sp³-hybridized carbons (Fsp3) is 0.476. The molecule has 5 heterocycles. The van der Waals surface area contributed by atoms with Gasteiger partial charge >= 0.3 is 0 Å². The summed E-state index contributed by atoms with van der Waals surface area (Å²) in [5.41, 5.74) is 0. The third-order valence-corrected chi connectivity index (χ3v) is 6.84. The molecule has 2 saturated heterocycles. The Kier molecular flexibility index (Phi) is 5.90. The van der Waals surface area contributed by atoms with Crippen molar-refractivity contribution in [2.24, 2.45) is 0 Å². The molecule has 0 saturated carbocycles. The maximum Gasteiger partial charge on any atom is 0.225 e. The molecule has 9 nitrogen and oxygen atoms in total. The average Bonchev–Trinajstić information content (AvgIpc) is 3.33.